The number of rotatable bonds is 3. The molecular formula is C10H19NO5S2. The number of hydrogen-bond acceptors (Lipinski definition) is 5. The first kappa shape index (κ1) is 14.2. The van der Waals surface area contributed by atoms with Gasteiger partial charge in [0.15, 0.2) is 0 Å². The van der Waals surface area contributed by atoms with Gasteiger partial charge in [-0.05, 0) is 25.2 Å². The van der Waals surface area contributed by atoms with Gasteiger partial charge in [-0.2, -0.15) is 0 Å². The van der Waals surface area contributed by atoms with Crippen molar-refractivity contribution in [3.8, 4) is 0 Å². The van der Waals surface area contributed by atoms with Gasteiger partial charge in [-0.3, -0.25) is 0 Å². The van der Waals surface area contributed by atoms with Gasteiger partial charge in [-0.15, -0.1) is 0 Å². The minimum Gasteiger partial charge on any atom is -0.396 e. The van der Waals surface area contributed by atoms with E-state index in [0.29, 0.717) is 19.5 Å². The van der Waals surface area contributed by atoms with Crippen LogP contribution in [0.25, 0.3) is 0 Å². The second kappa shape index (κ2) is 5.07. The zero-order chi connectivity index (χ0) is 13.4. The van der Waals surface area contributed by atoms with Crippen molar-refractivity contribution in [1.29, 1.82) is 0 Å². The van der Waals surface area contributed by atoms with Crippen LogP contribution in [0.4, 0.5) is 0 Å². The third-order valence-electron chi connectivity index (χ3n) is 3.79. The SMILES string of the molecule is O=S1(=O)CCC(S(=O)(=O)N2CCC(CO)C2)CC1. The summed E-state index contributed by atoms with van der Waals surface area (Å²) < 4.78 is 48.6. The summed E-state index contributed by atoms with van der Waals surface area (Å²) >= 11 is 0. The number of hydrogen-bond donors (Lipinski definition) is 1. The Balaban J connectivity index is 2.04. The van der Waals surface area contributed by atoms with Crippen LogP contribution in [0.3, 0.4) is 0 Å². The zero-order valence-electron chi connectivity index (χ0n) is 10.2. The van der Waals surface area contributed by atoms with Crippen molar-refractivity contribution < 1.29 is 21.9 Å². The maximum Gasteiger partial charge on any atom is 0.217 e. The molecule has 2 heterocycles. The van der Waals surface area contributed by atoms with Gasteiger partial charge >= 0.3 is 0 Å². The number of sulfonamides is 1. The highest BCUT2D eigenvalue weighted by Crippen LogP contribution is 2.27. The van der Waals surface area contributed by atoms with Crippen LogP contribution >= 0.6 is 0 Å². The van der Waals surface area contributed by atoms with Gasteiger partial charge in [0.05, 0.1) is 16.8 Å². The molecule has 0 aliphatic carbocycles. The van der Waals surface area contributed by atoms with Crippen molar-refractivity contribution in [3.63, 3.8) is 0 Å². The van der Waals surface area contributed by atoms with E-state index in [1.807, 2.05) is 0 Å². The van der Waals surface area contributed by atoms with Crippen LogP contribution in [0.5, 0.6) is 0 Å². The molecule has 0 bridgehead atoms. The number of sulfone groups is 1. The van der Waals surface area contributed by atoms with E-state index in [1.165, 1.54) is 4.31 Å². The topological polar surface area (TPSA) is 91.8 Å². The van der Waals surface area contributed by atoms with Crippen LogP contribution in [0.2, 0.25) is 0 Å². The smallest absolute Gasteiger partial charge is 0.217 e. The lowest BCUT2D eigenvalue weighted by molar-refractivity contribution is 0.233. The highest BCUT2D eigenvalue weighted by molar-refractivity contribution is 7.92. The molecule has 0 amide bonds. The first-order valence-electron chi connectivity index (χ1n) is 6.15. The summed E-state index contributed by atoms with van der Waals surface area (Å²) in [6.45, 7) is 0.809. The molecule has 0 radical (unpaired) electrons. The Kier molecular flexibility index (Phi) is 4.01. The molecule has 18 heavy (non-hydrogen) atoms. The van der Waals surface area contributed by atoms with Gasteiger partial charge in [0.25, 0.3) is 0 Å². The number of aliphatic hydroxyl groups excluding tert-OH is 1. The fourth-order valence-corrected chi connectivity index (χ4v) is 6.38. The molecule has 2 rings (SSSR count). The van der Waals surface area contributed by atoms with Crippen LogP contribution in [0.1, 0.15) is 19.3 Å². The Labute approximate surface area is 108 Å². The standard InChI is InChI=1S/C10H19NO5S2/c12-8-9-1-4-11(7-9)18(15,16)10-2-5-17(13,14)6-3-10/h9-10,12H,1-8H2. The largest absolute Gasteiger partial charge is 0.396 e. The molecule has 0 saturated carbocycles. The quantitative estimate of drug-likeness (QED) is 0.737. The van der Waals surface area contributed by atoms with E-state index in [4.69, 9.17) is 5.11 Å². The molecule has 2 aliphatic rings. The average Bonchev–Trinajstić information content (AvgIpc) is 2.77. The van der Waals surface area contributed by atoms with Crippen LogP contribution in [-0.2, 0) is 19.9 Å². The monoisotopic (exact) mass is 297 g/mol. The van der Waals surface area contributed by atoms with E-state index in [0.717, 1.165) is 0 Å². The highest BCUT2D eigenvalue weighted by Gasteiger charge is 2.39. The van der Waals surface area contributed by atoms with Gasteiger partial charge < -0.3 is 5.11 Å². The molecule has 2 aliphatic heterocycles. The molecular weight excluding hydrogens is 278 g/mol. The Hall–Kier alpha value is -0.180. The van der Waals surface area contributed by atoms with Gasteiger partial charge in [0.1, 0.15) is 9.84 Å². The normalized spacial score (nSPS) is 30.6. The lowest BCUT2D eigenvalue weighted by Gasteiger charge is -2.26. The first-order chi connectivity index (χ1) is 8.35. The highest BCUT2D eigenvalue weighted by atomic mass is 32.2. The summed E-state index contributed by atoms with van der Waals surface area (Å²) in [5.41, 5.74) is 0. The van der Waals surface area contributed by atoms with Gasteiger partial charge in [-0.1, -0.05) is 0 Å². The number of nitrogens with zero attached hydrogens (tertiary/aromatic N) is 1. The molecule has 0 aromatic carbocycles. The van der Waals surface area contributed by atoms with Crippen molar-refractivity contribution in [1.82, 2.24) is 4.31 Å². The maximum absolute atomic E-state index is 12.3. The molecule has 0 spiro atoms. The Morgan fingerprint density at radius 1 is 1.17 bits per heavy atom. The Morgan fingerprint density at radius 3 is 2.28 bits per heavy atom. The second-order valence-corrected chi connectivity index (χ2v) is 9.61. The van der Waals surface area contributed by atoms with E-state index in [-0.39, 0.29) is 36.9 Å². The average molecular weight is 297 g/mol. The van der Waals surface area contributed by atoms with E-state index in [2.05, 4.69) is 0 Å². The lowest BCUT2D eigenvalue weighted by atomic mass is 10.1. The van der Waals surface area contributed by atoms with Crippen molar-refractivity contribution >= 4 is 19.9 Å². The molecule has 2 fully saturated rings. The van der Waals surface area contributed by atoms with Crippen LogP contribution in [-0.4, -0.2) is 62.7 Å². The summed E-state index contributed by atoms with van der Waals surface area (Å²) in [6.07, 6.45) is 1.08. The summed E-state index contributed by atoms with van der Waals surface area (Å²) in [5, 5.41) is 8.46. The van der Waals surface area contributed by atoms with Crippen molar-refractivity contribution in [2.45, 2.75) is 24.5 Å². The third-order valence-corrected chi connectivity index (χ3v) is 7.87. The summed E-state index contributed by atoms with van der Waals surface area (Å²) in [5.74, 6) is -0.0467. The Morgan fingerprint density at radius 2 is 1.78 bits per heavy atom. The molecule has 0 aromatic heterocycles. The summed E-state index contributed by atoms with van der Waals surface area (Å²) in [4.78, 5) is 0. The predicted molar refractivity (Wildman–Crippen MR) is 67.4 cm³/mol. The van der Waals surface area contributed by atoms with Gasteiger partial charge in [0, 0.05) is 19.7 Å². The minimum absolute atomic E-state index is 0.00503. The Bertz CT molecular complexity index is 484. The van der Waals surface area contributed by atoms with Crippen LogP contribution < -0.4 is 0 Å². The van der Waals surface area contributed by atoms with E-state index >= 15 is 0 Å². The molecule has 1 atom stereocenters. The van der Waals surface area contributed by atoms with Crippen molar-refractivity contribution in [2.24, 2.45) is 5.92 Å². The maximum atomic E-state index is 12.3. The second-order valence-electron chi connectivity index (χ2n) is 5.09. The van der Waals surface area contributed by atoms with Crippen molar-refractivity contribution in [3.05, 3.63) is 0 Å². The summed E-state index contributed by atoms with van der Waals surface area (Å²) in [7, 11) is -6.44. The molecule has 1 N–H and O–H groups in total. The van der Waals surface area contributed by atoms with E-state index in [1.54, 1.807) is 0 Å². The van der Waals surface area contributed by atoms with Crippen LogP contribution in [0, 0.1) is 5.92 Å². The third kappa shape index (κ3) is 2.87. The number of aliphatic hydroxyl groups is 1. The van der Waals surface area contributed by atoms with Gasteiger partial charge in [-0.25, -0.2) is 21.1 Å². The minimum atomic E-state index is -3.40. The molecule has 106 valence electrons. The molecule has 0 aromatic rings. The lowest BCUT2D eigenvalue weighted by Crippen LogP contribution is -2.41. The predicted octanol–water partition coefficient (Wildman–Crippen LogP) is -0.792. The molecule has 2 saturated heterocycles. The molecule has 8 heteroatoms. The fourth-order valence-electron chi connectivity index (χ4n) is 2.55. The fraction of sp³-hybridized carbons (Fsp3) is 1.00. The molecule has 6 nitrogen and oxygen atoms in total. The molecule has 1 unspecified atom stereocenters. The zero-order valence-corrected chi connectivity index (χ0v) is 11.8. The van der Waals surface area contributed by atoms with E-state index < -0.39 is 25.1 Å². The first-order valence-corrected chi connectivity index (χ1v) is 9.48. The van der Waals surface area contributed by atoms with Gasteiger partial charge in [0.2, 0.25) is 10.0 Å². The van der Waals surface area contributed by atoms with Crippen LogP contribution in [0.15, 0.2) is 0 Å². The van der Waals surface area contributed by atoms with Crippen molar-refractivity contribution in [2.75, 3.05) is 31.2 Å². The summed E-state index contributed by atoms with van der Waals surface area (Å²) in [6, 6.07) is 0. The van der Waals surface area contributed by atoms with E-state index in [9.17, 15) is 16.8 Å².